The molecule has 0 spiro atoms. The second-order valence-corrected chi connectivity index (χ2v) is 6.05. The number of hydrogen-bond acceptors (Lipinski definition) is 5. The van der Waals surface area contributed by atoms with Crippen molar-refractivity contribution in [2.45, 2.75) is 13.0 Å². The molecule has 2 N–H and O–H groups in total. The molecule has 5 nitrogen and oxygen atoms in total. The Kier molecular flexibility index (Phi) is 4.85. The standard InChI is InChI=1S/C16H15ClN4OS/c1-10(11-5-2-3-6-12(11)17)18-9-15(22)19-13-7-4-8-14-16(13)21-23-20-14/h2-8,10,18H,9H2,1H3,(H,19,22). The Morgan fingerprint density at radius 3 is 2.87 bits per heavy atom. The van der Waals surface area contributed by atoms with E-state index in [-0.39, 0.29) is 18.5 Å². The Morgan fingerprint density at radius 2 is 2.04 bits per heavy atom. The third-order valence-electron chi connectivity index (χ3n) is 3.50. The van der Waals surface area contributed by atoms with E-state index < -0.39 is 0 Å². The second kappa shape index (κ2) is 7.04. The molecule has 0 saturated carbocycles. The average molecular weight is 347 g/mol. The molecule has 2 aromatic carbocycles. The van der Waals surface area contributed by atoms with Crippen molar-refractivity contribution in [3.8, 4) is 0 Å². The molecule has 0 radical (unpaired) electrons. The minimum absolute atomic E-state index is 0.0221. The van der Waals surface area contributed by atoms with Gasteiger partial charge in [0.2, 0.25) is 5.91 Å². The van der Waals surface area contributed by atoms with Crippen LogP contribution in [0, 0.1) is 0 Å². The summed E-state index contributed by atoms with van der Waals surface area (Å²) < 4.78 is 8.36. The lowest BCUT2D eigenvalue weighted by Crippen LogP contribution is -2.30. The summed E-state index contributed by atoms with van der Waals surface area (Å²) in [4.78, 5) is 12.1. The topological polar surface area (TPSA) is 66.9 Å². The predicted octanol–water partition coefficient (Wildman–Crippen LogP) is 3.63. The van der Waals surface area contributed by atoms with Crippen molar-refractivity contribution >= 4 is 46.0 Å². The second-order valence-electron chi connectivity index (χ2n) is 5.11. The SMILES string of the molecule is CC(NCC(=O)Nc1cccc2nsnc12)c1ccccc1Cl. The fourth-order valence-electron chi connectivity index (χ4n) is 2.28. The van der Waals surface area contributed by atoms with Gasteiger partial charge in [-0.15, -0.1) is 0 Å². The smallest absolute Gasteiger partial charge is 0.238 e. The van der Waals surface area contributed by atoms with E-state index in [1.165, 1.54) is 0 Å². The van der Waals surface area contributed by atoms with Crippen molar-refractivity contribution in [2.24, 2.45) is 0 Å². The summed E-state index contributed by atoms with van der Waals surface area (Å²) in [7, 11) is 0. The molecule has 0 bridgehead atoms. The zero-order chi connectivity index (χ0) is 16.2. The third kappa shape index (κ3) is 3.67. The number of carbonyl (C=O) groups is 1. The van der Waals surface area contributed by atoms with E-state index in [4.69, 9.17) is 11.6 Å². The monoisotopic (exact) mass is 346 g/mol. The van der Waals surface area contributed by atoms with Crippen LogP contribution < -0.4 is 10.6 Å². The molecule has 1 amide bonds. The summed E-state index contributed by atoms with van der Waals surface area (Å²) >= 11 is 7.29. The van der Waals surface area contributed by atoms with Gasteiger partial charge in [0.25, 0.3) is 0 Å². The van der Waals surface area contributed by atoms with Crippen LogP contribution in [0.5, 0.6) is 0 Å². The van der Waals surface area contributed by atoms with Gasteiger partial charge in [-0.2, -0.15) is 8.75 Å². The number of benzene rings is 2. The van der Waals surface area contributed by atoms with Crippen molar-refractivity contribution in [3.63, 3.8) is 0 Å². The number of carbonyl (C=O) groups excluding carboxylic acids is 1. The molecular weight excluding hydrogens is 332 g/mol. The highest BCUT2D eigenvalue weighted by atomic mass is 35.5. The lowest BCUT2D eigenvalue weighted by Gasteiger charge is -2.15. The molecule has 1 atom stereocenters. The van der Waals surface area contributed by atoms with Crippen LogP contribution in [-0.4, -0.2) is 21.2 Å². The van der Waals surface area contributed by atoms with Gasteiger partial charge in [0.1, 0.15) is 11.0 Å². The molecule has 3 aromatic rings. The Labute approximate surface area is 143 Å². The minimum Gasteiger partial charge on any atom is -0.323 e. The number of fused-ring (bicyclic) bond motifs is 1. The van der Waals surface area contributed by atoms with Crippen LogP contribution in [0.1, 0.15) is 18.5 Å². The van der Waals surface area contributed by atoms with E-state index in [0.717, 1.165) is 22.8 Å². The van der Waals surface area contributed by atoms with Crippen molar-refractivity contribution in [1.82, 2.24) is 14.1 Å². The maximum absolute atomic E-state index is 12.1. The highest BCUT2D eigenvalue weighted by Crippen LogP contribution is 2.22. The van der Waals surface area contributed by atoms with Gasteiger partial charge in [0.05, 0.1) is 24.0 Å². The number of amides is 1. The van der Waals surface area contributed by atoms with E-state index in [1.54, 1.807) is 0 Å². The normalized spacial score (nSPS) is 12.3. The quantitative estimate of drug-likeness (QED) is 0.740. The lowest BCUT2D eigenvalue weighted by atomic mass is 10.1. The van der Waals surface area contributed by atoms with E-state index in [1.807, 2.05) is 49.4 Å². The first-order chi connectivity index (χ1) is 11.1. The fourth-order valence-corrected chi connectivity index (χ4v) is 3.13. The number of aromatic nitrogens is 2. The van der Waals surface area contributed by atoms with Crippen LogP contribution in [0.25, 0.3) is 11.0 Å². The van der Waals surface area contributed by atoms with E-state index >= 15 is 0 Å². The molecule has 1 aromatic heterocycles. The molecule has 0 fully saturated rings. The first-order valence-electron chi connectivity index (χ1n) is 7.14. The van der Waals surface area contributed by atoms with Crippen LogP contribution in [-0.2, 0) is 4.79 Å². The average Bonchev–Trinajstić information content (AvgIpc) is 3.03. The van der Waals surface area contributed by atoms with Crippen LogP contribution in [0.3, 0.4) is 0 Å². The van der Waals surface area contributed by atoms with Crippen LogP contribution in [0.15, 0.2) is 42.5 Å². The number of rotatable bonds is 5. The van der Waals surface area contributed by atoms with Crippen LogP contribution in [0.2, 0.25) is 5.02 Å². The molecule has 0 aliphatic carbocycles. The summed E-state index contributed by atoms with van der Waals surface area (Å²) in [5.74, 6) is -0.135. The molecule has 7 heteroatoms. The summed E-state index contributed by atoms with van der Waals surface area (Å²) in [6, 6.07) is 13.1. The summed E-state index contributed by atoms with van der Waals surface area (Å²) in [5.41, 5.74) is 3.14. The Balaban J connectivity index is 1.62. The summed E-state index contributed by atoms with van der Waals surface area (Å²) in [5, 5.41) is 6.72. The maximum Gasteiger partial charge on any atom is 0.238 e. The third-order valence-corrected chi connectivity index (χ3v) is 4.39. The molecule has 23 heavy (non-hydrogen) atoms. The van der Waals surface area contributed by atoms with Crippen LogP contribution in [0.4, 0.5) is 5.69 Å². The summed E-state index contributed by atoms with van der Waals surface area (Å²) in [6.07, 6.45) is 0. The predicted molar refractivity (Wildman–Crippen MR) is 93.9 cm³/mol. The summed E-state index contributed by atoms with van der Waals surface area (Å²) in [6.45, 7) is 2.15. The van der Waals surface area contributed by atoms with E-state index in [9.17, 15) is 4.79 Å². The molecule has 3 rings (SSSR count). The van der Waals surface area contributed by atoms with Gasteiger partial charge in [-0.1, -0.05) is 35.9 Å². The highest BCUT2D eigenvalue weighted by Gasteiger charge is 2.12. The first kappa shape index (κ1) is 15.9. The number of anilines is 1. The van der Waals surface area contributed by atoms with Gasteiger partial charge < -0.3 is 10.6 Å². The van der Waals surface area contributed by atoms with Crippen molar-refractivity contribution < 1.29 is 4.79 Å². The van der Waals surface area contributed by atoms with Crippen molar-refractivity contribution in [2.75, 3.05) is 11.9 Å². The number of nitrogens with one attached hydrogen (secondary N) is 2. The van der Waals surface area contributed by atoms with Gasteiger partial charge in [0, 0.05) is 11.1 Å². The Bertz CT molecular complexity index is 836. The molecule has 1 heterocycles. The zero-order valence-electron chi connectivity index (χ0n) is 12.4. The van der Waals surface area contributed by atoms with Gasteiger partial charge in [-0.25, -0.2) is 0 Å². The van der Waals surface area contributed by atoms with Gasteiger partial charge >= 0.3 is 0 Å². The number of hydrogen-bond donors (Lipinski definition) is 2. The van der Waals surface area contributed by atoms with Crippen LogP contribution >= 0.6 is 23.3 Å². The lowest BCUT2D eigenvalue weighted by molar-refractivity contribution is -0.115. The van der Waals surface area contributed by atoms with E-state index in [2.05, 4.69) is 19.4 Å². The molecular formula is C16H15ClN4OS. The van der Waals surface area contributed by atoms with Gasteiger partial charge in [-0.05, 0) is 30.7 Å². The maximum atomic E-state index is 12.1. The Hall–Kier alpha value is -2.02. The zero-order valence-corrected chi connectivity index (χ0v) is 14.0. The fraction of sp³-hybridized carbons (Fsp3) is 0.188. The molecule has 0 aliphatic heterocycles. The molecule has 0 aliphatic rings. The van der Waals surface area contributed by atoms with E-state index in [0.29, 0.717) is 16.2 Å². The number of halogens is 1. The van der Waals surface area contributed by atoms with Crippen molar-refractivity contribution in [3.05, 3.63) is 53.1 Å². The number of nitrogens with zero attached hydrogens (tertiary/aromatic N) is 2. The molecule has 118 valence electrons. The van der Waals surface area contributed by atoms with Gasteiger partial charge in [0.15, 0.2) is 0 Å². The highest BCUT2D eigenvalue weighted by molar-refractivity contribution is 7.00. The first-order valence-corrected chi connectivity index (χ1v) is 8.25. The van der Waals surface area contributed by atoms with Crippen molar-refractivity contribution in [1.29, 1.82) is 0 Å². The molecule has 0 saturated heterocycles. The largest absolute Gasteiger partial charge is 0.323 e. The van der Waals surface area contributed by atoms with Gasteiger partial charge in [-0.3, -0.25) is 4.79 Å². The minimum atomic E-state index is -0.135. The molecule has 1 unspecified atom stereocenters. The Morgan fingerprint density at radius 1 is 1.22 bits per heavy atom.